The Bertz CT molecular complexity index is 905. The SMILES string of the molecule is CC12CCC3C(C1CC[C@@]21CCC(=O)O1)[C@@H]1C[C@]2(C#N)C(C(=O)CCC32C)C1=O. The minimum absolute atomic E-state index is 0.00514. The van der Waals surface area contributed by atoms with Crippen LogP contribution in [0.2, 0.25) is 0 Å². The van der Waals surface area contributed by atoms with Crippen molar-refractivity contribution < 1.29 is 19.1 Å². The Kier molecular flexibility index (Phi) is 3.20. The molecule has 5 nitrogen and oxygen atoms in total. The minimum atomic E-state index is -0.797. The van der Waals surface area contributed by atoms with Gasteiger partial charge in [0.1, 0.15) is 17.2 Å². The predicted molar refractivity (Wildman–Crippen MR) is 102 cm³/mol. The van der Waals surface area contributed by atoms with Gasteiger partial charge in [0.2, 0.25) is 0 Å². The normalized spacial score (nSPS) is 57.4. The van der Waals surface area contributed by atoms with Gasteiger partial charge in [0.05, 0.1) is 17.4 Å². The van der Waals surface area contributed by atoms with Crippen LogP contribution in [0.5, 0.6) is 0 Å². The maximum Gasteiger partial charge on any atom is 0.306 e. The number of nitriles is 1. The van der Waals surface area contributed by atoms with E-state index in [4.69, 9.17) is 4.74 Å². The number of esters is 1. The molecule has 9 atom stereocenters. The Morgan fingerprint density at radius 1 is 0.966 bits per heavy atom. The van der Waals surface area contributed by atoms with Crippen LogP contribution >= 0.6 is 0 Å². The number of ether oxygens (including phenoxy) is 1. The molecule has 1 heterocycles. The van der Waals surface area contributed by atoms with Gasteiger partial charge >= 0.3 is 5.97 Å². The quantitative estimate of drug-likeness (QED) is 0.462. The Morgan fingerprint density at radius 2 is 1.69 bits per heavy atom. The first-order valence-electron chi connectivity index (χ1n) is 11.4. The molecule has 1 spiro atoms. The Labute approximate surface area is 171 Å². The summed E-state index contributed by atoms with van der Waals surface area (Å²) in [6, 6.07) is 2.56. The highest BCUT2D eigenvalue weighted by Gasteiger charge is 2.77. The number of ketones is 2. The fourth-order valence-corrected chi connectivity index (χ4v) is 9.64. The van der Waals surface area contributed by atoms with E-state index in [2.05, 4.69) is 19.9 Å². The van der Waals surface area contributed by atoms with Crippen molar-refractivity contribution in [1.29, 1.82) is 5.26 Å². The van der Waals surface area contributed by atoms with E-state index in [1.807, 2.05) is 0 Å². The van der Waals surface area contributed by atoms with Gasteiger partial charge in [0.15, 0.2) is 0 Å². The first-order valence-corrected chi connectivity index (χ1v) is 11.4. The van der Waals surface area contributed by atoms with Crippen LogP contribution in [0, 0.1) is 57.2 Å². The highest BCUT2D eigenvalue weighted by molar-refractivity contribution is 6.07. The van der Waals surface area contributed by atoms with E-state index in [1.54, 1.807) is 0 Å². The molecule has 6 fully saturated rings. The van der Waals surface area contributed by atoms with Gasteiger partial charge in [-0.15, -0.1) is 0 Å². The number of carbonyl (C=O) groups is 3. The van der Waals surface area contributed by atoms with E-state index >= 15 is 0 Å². The topological polar surface area (TPSA) is 84.2 Å². The molecule has 0 radical (unpaired) electrons. The van der Waals surface area contributed by atoms with Gasteiger partial charge < -0.3 is 4.74 Å². The van der Waals surface area contributed by atoms with Gasteiger partial charge in [-0.2, -0.15) is 5.26 Å². The van der Waals surface area contributed by atoms with Crippen LogP contribution in [0.25, 0.3) is 0 Å². The average molecular weight is 395 g/mol. The molecule has 0 N–H and O–H groups in total. The third kappa shape index (κ3) is 1.71. The van der Waals surface area contributed by atoms with Crippen LogP contribution in [0.15, 0.2) is 0 Å². The van der Waals surface area contributed by atoms with Crippen molar-refractivity contribution in [2.24, 2.45) is 45.8 Å². The molecule has 6 unspecified atom stereocenters. The molecule has 5 aliphatic carbocycles. The summed E-state index contributed by atoms with van der Waals surface area (Å²) in [5, 5.41) is 10.3. The largest absolute Gasteiger partial charge is 0.458 e. The monoisotopic (exact) mass is 395 g/mol. The summed E-state index contributed by atoms with van der Waals surface area (Å²) < 4.78 is 6.01. The Balaban J connectivity index is 1.48. The molecule has 2 bridgehead atoms. The van der Waals surface area contributed by atoms with Gasteiger partial charge in [0, 0.05) is 24.2 Å². The highest BCUT2D eigenvalue weighted by atomic mass is 16.6. The third-order valence-electron chi connectivity index (χ3n) is 11.1. The van der Waals surface area contributed by atoms with Gasteiger partial charge in [-0.05, 0) is 68.1 Å². The van der Waals surface area contributed by atoms with Crippen molar-refractivity contribution in [1.82, 2.24) is 0 Å². The lowest BCUT2D eigenvalue weighted by Crippen LogP contribution is -2.60. The molecule has 6 aliphatic rings. The van der Waals surface area contributed by atoms with Crippen molar-refractivity contribution in [3.63, 3.8) is 0 Å². The number of hydrogen-bond donors (Lipinski definition) is 0. The smallest absolute Gasteiger partial charge is 0.306 e. The molecule has 0 aromatic rings. The fourth-order valence-electron chi connectivity index (χ4n) is 9.64. The van der Waals surface area contributed by atoms with E-state index in [1.165, 1.54) is 0 Å². The van der Waals surface area contributed by atoms with Crippen LogP contribution in [-0.4, -0.2) is 23.1 Å². The third-order valence-corrected chi connectivity index (χ3v) is 11.1. The van der Waals surface area contributed by atoms with Gasteiger partial charge in [0.25, 0.3) is 0 Å². The van der Waals surface area contributed by atoms with Crippen LogP contribution < -0.4 is 0 Å². The van der Waals surface area contributed by atoms with E-state index in [9.17, 15) is 19.6 Å². The summed E-state index contributed by atoms with van der Waals surface area (Å²) in [7, 11) is 0. The maximum atomic E-state index is 13.6. The summed E-state index contributed by atoms with van der Waals surface area (Å²) >= 11 is 0. The van der Waals surface area contributed by atoms with Crippen LogP contribution in [0.4, 0.5) is 0 Å². The summed E-state index contributed by atoms with van der Waals surface area (Å²) in [5.41, 5.74) is -1.52. The maximum absolute atomic E-state index is 13.6. The number of carbonyl (C=O) groups excluding carboxylic acids is 3. The summed E-state index contributed by atoms with van der Waals surface area (Å²) in [4.78, 5) is 38.4. The zero-order chi connectivity index (χ0) is 20.4. The lowest BCUT2D eigenvalue weighted by molar-refractivity contribution is -0.183. The second-order valence-electron chi connectivity index (χ2n) is 11.4. The molecule has 0 amide bonds. The van der Waals surface area contributed by atoms with Crippen molar-refractivity contribution in [2.75, 3.05) is 0 Å². The molecular formula is C24H29NO4. The van der Waals surface area contributed by atoms with Crippen LogP contribution in [0.1, 0.15) is 71.6 Å². The molecule has 5 saturated carbocycles. The van der Waals surface area contributed by atoms with Crippen molar-refractivity contribution >= 4 is 17.5 Å². The lowest BCUT2D eigenvalue weighted by Gasteiger charge is -2.62. The standard InChI is InChI=1S/C24H29NO4/c1-21-8-5-16(26)19-20(28)13(11-23(19,21)12-25)18-14(21)3-7-22(2)15(18)4-9-24(22)10-6-17(27)29-24/h13-15,18-19H,3-11H2,1-2H3/t13-,14?,15?,18?,19?,21?,22?,23-,24+/m0/s1. The number of nitrogens with zero attached hydrogens (tertiary/aromatic N) is 1. The number of Topliss-reactive ketones (excluding diaryl/α,β-unsaturated/α-hetero) is 2. The van der Waals surface area contributed by atoms with E-state index < -0.39 is 11.3 Å². The number of hydrogen-bond acceptors (Lipinski definition) is 5. The molecule has 5 heteroatoms. The minimum Gasteiger partial charge on any atom is -0.458 e. The second-order valence-corrected chi connectivity index (χ2v) is 11.4. The second kappa shape index (κ2) is 5.13. The number of fused-ring (bicyclic) bond motifs is 7. The zero-order valence-electron chi connectivity index (χ0n) is 17.3. The molecular weight excluding hydrogens is 366 g/mol. The molecule has 6 rings (SSSR count). The van der Waals surface area contributed by atoms with Crippen LogP contribution in [0.3, 0.4) is 0 Å². The van der Waals surface area contributed by atoms with E-state index in [-0.39, 0.29) is 45.8 Å². The Morgan fingerprint density at radius 3 is 2.38 bits per heavy atom. The molecule has 154 valence electrons. The van der Waals surface area contributed by atoms with Gasteiger partial charge in [-0.1, -0.05) is 13.8 Å². The number of rotatable bonds is 0. The molecule has 0 aromatic heterocycles. The van der Waals surface area contributed by atoms with Crippen molar-refractivity contribution in [3.05, 3.63) is 0 Å². The lowest BCUT2D eigenvalue weighted by atomic mass is 9.40. The van der Waals surface area contributed by atoms with Gasteiger partial charge in [-0.3, -0.25) is 14.4 Å². The molecule has 1 saturated heterocycles. The van der Waals surface area contributed by atoms with Crippen molar-refractivity contribution in [2.45, 2.75) is 77.2 Å². The summed E-state index contributed by atoms with van der Waals surface area (Å²) in [6.45, 7) is 4.51. The van der Waals surface area contributed by atoms with E-state index in [0.717, 1.165) is 38.5 Å². The molecule has 0 aromatic carbocycles. The van der Waals surface area contributed by atoms with Gasteiger partial charge in [-0.25, -0.2) is 0 Å². The molecule has 1 aliphatic heterocycles. The zero-order valence-corrected chi connectivity index (χ0v) is 17.3. The van der Waals surface area contributed by atoms with Crippen molar-refractivity contribution in [3.8, 4) is 6.07 Å². The van der Waals surface area contributed by atoms with Crippen LogP contribution in [-0.2, 0) is 19.1 Å². The average Bonchev–Trinajstić information content (AvgIpc) is 3.31. The highest BCUT2D eigenvalue weighted by Crippen LogP contribution is 2.76. The molecule has 29 heavy (non-hydrogen) atoms. The first-order chi connectivity index (χ1) is 13.7. The summed E-state index contributed by atoms with van der Waals surface area (Å²) in [5.74, 6) is -0.00952. The Hall–Kier alpha value is -1.70. The van der Waals surface area contributed by atoms with E-state index in [0.29, 0.717) is 31.1 Å². The summed E-state index contributed by atoms with van der Waals surface area (Å²) in [6.07, 6.45) is 6.89. The fraction of sp³-hybridized carbons (Fsp3) is 0.833. The predicted octanol–water partition coefficient (Wildman–Crippen LogP) is 3.60. The first kappa shape index (κ1) is 18.1.